The van der Waals surface area contributed by atoms with E-state index >= 15 is 0 Å². The van der Waals surface area contributed by atoms with Crippen molar-refractivity contribution in [2.45, 2.75) is 44.9 Å². The molecule has 0 N–H and O–H groups in total. The molecule has 0 amide bonds. The number of hydrogen-bond acceptors (Lipinski definition) is 5. The zero-order valence-electron chi connectivity index (χ0n) is 19.6. The van der Waals surface area contributed by atoms with E-state index < -0.39 is 0 Å². The van der Waals surface area contributed by atoms with Crippen molar-refractivity contribution in [2.24, 2.45) is 10.1 Å². The third-order valence-electron chi connectivity index (χ3n) is 6.33. The summed E-state index contributed by atoms with van der Waals surface area (Å²) in [7, 11) is 1.67. The zero-order chi connectivity index (χ0) is 23.3. The Hall–Kier alpha value is -2.96. The minimum atomic E-state index is 0.707. The summed E-state index contributed by atoms with van der Waals surface area (Å²) in [5.41, 5.74) is 4.55. The van der Waals surface area contributed by atoms with Gasteiger partial charge in [-0.05, 0) is 67.6 Å². The third-order valence-corrected chi connectivity index (χ3v) is 8.08. The van der Waals surface area contributed by atoms with Crippen LogP contribution >= 0.6 is 22.7 Å². The number of thiophene rings is 1. The lowest BCUT2D eigenvalue weighted by molar-refractivity contribution is 0.415. The van der Waals surface area contributed by atoms with Crippen LogP contribution in [0.1, 0.15) is 53.3 Å². The first-order valence-electron chi connectivity index (χ1n) is 11.8. The highest BCUT2D eigenvalue weighted by Crippen LogP contribution is 2.33. The zero-order valence-corrected chi connectivity index (χ0v) is 21.2. The Labute approximate surface area is 208 Å². The number of rotatable bonds is 6. The Morgan fingerprint density at radius 1 is 0.941 bits per heavy atom. The molecule has 0 atom stereocenters. The lowest BCUT2D eigenvalue weighted by Gasteiger charge is -2.22. The van der Waals surface area contributed by atoms with Gasteiger partial charge in [-0.1, -0.05) is 43.5 Å². The fourth-order valence-electron chi connectivity index (χ4n) is 4.45. The van der Waals surface area contributed by atoms with Gasteiger partial charge in [-0.15, -0.1) is 22.7 Å². The molecule has 5 rings (SSSR count). The number of aryl methyl sites for hydroxylation is 1. The predicted molar refractivity (Wildman–Crippen MR) is 144 cm³/mol. The molecule has 0 bridgehead atoms. The van der Waals surface area contributed by atoms with E-state index in [2.05, 4.69) is 48.7 Å². The van der Waals surface area contributed by atoms with Gasteiger partial charge in [-0.25, -0.2) is 9.67 Å². The molecule has 174 valence electrons. The monoisotopic (exact) mass is 487 g/mol. The molecule has 0 unspecified atom stereocenters. The highest BCUT2D eigenvalue weighted by Gasteiger charge is 2.16. The Balaban J connectivity index is 1.52. The number of aromatic nitrogens is 1. The van der Waals surface area contributed by atoms with Gasteiger partial charge in [0, 0.05) is 20.7 Å². The molecule has 6 heteroatoms. The summed E-state index contributed by atoms with van der Waals surface area (Å²) in [6.07, 6.45) is 8.64. The van der Waals surface area contributed by atoms with Crippen LogP contribution in [0.4, 0.5) is 5.69 Å². The van der Waals surface area contributed by atoms with E-state index in [0.717, 1.165) is 32.4 Å². The standard InChI is InChI=1S/C28H29N3OS2/c1-20-8-17-26(34-20)18-29-31-27(19-33-28(31)30-24-13-15-25(32-2)16-14-24)23-11-9-22(10-12-23)21-6-4-3-5-7-21/h8-19,21H,3-7H2,1-2H3/b29-18-,30-28?. The second-order valence-electron chi connectivity index (χ2n) is 8.68. The molecule has 0 spiro atoms. The Morgan fingerprint density at radius 2 is 1.71 bits per heavy atom. The summed E-state index contributed by atoms with van der Waals surface area (Å²) < 4.78 is 7.24. The smallest absolute Gasteiger partial charge is 0.211 e. The second kappa shape index (κ2) is 10.5. The molecule has 2 heterocycles. The number of ether oxygens (including phenoxy) is 1. The van der Waals surface area contributed by atoms with Crippen LogP contribution in [0.15, 0.2) is 76.1 Å². The number of thiazole rings is 1. The minimum Gasteiger partial charge on any atom is -0.497 e. The van der Waals surface area contributed by atoms with E-state index in [1.165, 1.54) is 42.5 Å². The maximum Gasteiger partial charge on any atom is 0.211 e. The van der Waals surface area contributed by atoms with Crippen molar-refractivity contribution >= 4 is 34.6 Å². The number of nitrogens with zero attached hydrogens (tertiary/aromatic N) is 3. The van der Waals surface area contributed by atoms with Crippen LogP contribution in [0.2, 0.25) is 0 Å². The van der Waals surface area contributed by atoms with E-state index in [1.807, 2.05) is 35.2 Å². The lowest BCUT2D eigenvalue weighted by atomic mass is 9.84. The lowest BCUT2D eigenvalue weighted by Crippen LogP contribution is -2.11. The van der Waals surface area contributed by atoms with E-state index in [4.69, 9.17) is 14.8 Å². The Bertz CT molecular complexity index is 1320. The molecule has 1 aliphatic carbocycles. The molecule has 2 aromatic heterocycles. The first kappa shape index (κ1) is 22.8. The second-order valence-corrected chi connectivity index (χ2v) is 10.8. The summed E-state index contributed by atoms with van der Waals surface area (Å²) in [6, 6.07) is 21.1. The Morgan fingerprint density at radius 3 is 2.38 bits per heavy atom. The SMILES string of the molecule is COc1ccc(N=c2scc(-c3ccc(C4CCCCC4)cc3)n2/N=C\c2ccc(C)s2)cc1. The van der Waals surface area contributed by atoms with Crippen LogP contribution in [0.25, 0.3) is 11.3 Å². The van der Waals surface area contributed by atoms with Gasteiger partial charge in [-0.3, -0.25) is 0 Å². The van der Waals surface area contributed by atoms with Gasteiger partial charge >= 0.3 is 0 Å². The summed E-state index contributed by atoms with van der Waals surface area (Å²) in [4.78, 5) is 8.13. The quantitative estimate of drug-likeness (QED) is 0.256. The molecule has 0 saturated heterocycles. The maximum absolute atomic E-state index is 5.28. The average molecular weight is 488 g/mol. The molecule has 34 heavy (non-hydrogen) atoms. The molecule has 1 saturated carbocycles. The largest absolute Gasteiger partial charge is 0.497 e. The van der Waals surface area contributed by atoms with E-state index in [1.54, 1.807) is 29.8 Å². The van der Waals surface area contributed by atoms with Crippen molar-refractivity contribution in [3.05, 3.63) is 86.2 Å². The van der Waals surface area contributed by atoms with E-state index in [-0.39, 0.29) is 0 Å². The summed E-state index contributed by atoms with van der Waals surface area (Å²) in [5, 5.41) is 7.01. The minimum absolute atomic E-state index is 0.707. The van der Waals surface area contributed by atoms with Crippen molar-refractivity contribution in [1.82, 2.24) is 4.68 Å². The fraction of sp³-hybridized carbons (Fsp3) is 0.286. The van der Waals surface area contributed by atoms with Crippen LogP contribution in [0, 0.1) is 6.92 Å². The fourth-order valence-corrected chi connectivity index (χ4v) is 6.05. The molecule has 0 aliphatic heterocycles. The van der Waals surface area contributed by atoms with Gasteiger partial charge in [0.25, 0.3) is 0 Å². The van der Waals surface area contributed by atoms with Gasteiger partial charge < -0.3 is 4.74 Å². The van der Waals surface area contributed by atoms with Gasteiger partial charge in [-0.2, -0.15) is 5.10 Å². The highest BCUT2D eigenvalue weighted by molar-refractivity contribution is 7.13. The molecule has 4 aromatic rings. The van der Waals surface area contributed by atoms with Crippen molar-refractivity contribution in [1.29, 1.82) is 0 Å². The van der Waals surface area contributed by atoms with Crippen LogP contribution < -0.4 is 9.54 Å². The summed E-state index contributed by atoms with van der Waals surface area (Å²) in [5.74, 6) is 1.53. The van der Waals surface area contributed by atoms with Crippen molar-refractivity contribution < 1.29 is 4.74 Å². The van der Waals surface area contributed by atoms with Crippen molar-refractivity contribution in [2.75, 3.05) is 7.11 Å². The third kappa shape index (κ3) is 5.24. The van der Waals surface area contributed by atoms with Crippen LogP contribution in [0.5, 0.6) is 5.75 Å². The van der Waals surface area contributed by atoms with Gasteiger partial charge in [0.1, 0.15) is 5.75 Å². The van der Waals surface area contributed by atoms with Gasteiger partial charge in [0.2, 0.25) is 4.80 Å². The van der Waals surface area contributed by atoms with Gasteiger partial charge in [0.15, 0.2) is 0 Å². The maximum atomic E-state index is 5.28. The first-order chi connectivity index (χ1) is 16.7. The molecule has 0 radical (unpaired) electrons. The highest BCUT2D eigenvalue weighted by atomic mass is 32.1. The van der Waals surface area contributed by atoms with E-state index in [9.17, 15) is 0 Å². The molecule has 4 nitrogen and oxygen atoms in total. The molecular weight excluding hydrogens is 458 g/mol. The van der Waals surface area contributed by atoms with Gasteiger partial charge in [0.05, 0.1) is 24.7 Å². The molecule has 1 fully saturated rings. The molecule has 1 aliphatic rings. The molecular formula is C28H29N3OS2. The molecule has 2 aromatic carbocycles. The normalized spacial score (nSPS) is 15.3. The summed E-state index contributed by atoms with van der Waals surface area (Å²) in [6.45, 7) is 2.11. The van der Waals surface area contributed by atoms with Crippen LogP contribution in [-0.4, -0.2) is 18.0 Å². The predicted octanol–water partition coefficient (Wildman–Crippen LogP) is 7.76. The topological polar surface area (TPSA) is 38.9 Å². The van der Waals surface area contributed by atoms with Crippen LogP contribution in [-0.2, 0) is 0 Å². The van der Waals surface area contributed by atoms with Crippen molar-refractivity contribution in [3.63, 3.8) is 0 Å². The number of hydrogen-bond donors (Lipinski definition) is 0. The average Bonchev–Trinajstić information content (AvgIpc) is 3.49. The first-order valence-corrected chi connectivity index (χ1v) is 13.5. The van der Waals surface area contributed by atoms with Crippen LogP contribution in [0.3, 0.4) is 0 Å². The van der Waals surface area contributed by atoms with Crippen molar-refractivity contribution in [3.8, 4) is 17.0 Å². The Kier molecular flexibility index (Phi) is 7.07. The number of benzene rings is 2. The summed E-state index contributed by atoms with van der Waals surface area (Å²) >= 11 is 3.34. The van der Waals surface area contributed by atoms with E-state index in [0.29, 0.717) is 5.92 Å². The number of methoxy groups -OCH3 is 1.